The lowest BCUT2D eigenvalue weighted by molar-refractivity contribution is 0.0501. The van der Waals surface area contributed by atoms with Gasteiger partial charge in [-0.3, -0.25) is 0 Å². The quantitative estimate of drug-likeness (QED) is 0.210. The summed E-state index contributed by atoms with van der Waals surface area (Å²) in [6, 6.07) is 31.7. The highest BCUT2D eigenvalue weighted by molar-refractivity contribution is 6.12. The van der Waals surface area contributed by atoms with Crippen molar-refractivity contribution in [2.24, 2.45) is 0 Å². The Bertz CT molecular complexity index is 1630. The van der Waals surface area contributed by atoms with Crippen LogP contribution in [-0.4, -0.2) is 27.8 Å². The SMILES string of the molecule is COCOc1ccc2ccccc2c1-c1c(OCOC)c(C2=Cc3ccccc3C2)cc2ccccc12. The first-order valence-electron chi connectivity index (χ1n) is 12.4. The van der Waals surface area contributed by atoms with Gasteiger partial charge in [-0.2, -0.15) is 0 Å². The van der Waals surface area contributed by atoms with Crippen LogP contribution in [-0.2, 0) is 15.9 Å². The molecule has 0 amide bonds. The lowest BCUT2D eigenvalue weighted by Crippen LogP contribution is -2.06. The Hall–Kier alpha value is -4.12. The fourth-order valence-corrected chi connectivity index (χ4v) is 5.29. The molecule has 0 atom stereocenters. The van der Waals surface area contributed by atoms with Gasteiger partial charge in [-0.25, -0.2) is 0 Å². The highest BCUT2D eigenvalue weighted by Crippen LogP contribution is 2.49. The molecule has 0 bridgehead atoms. The molecule has 0 N–H and O–H groups in total. The van der Waals surface area contributed by atoms with Gasteiger partial charge in [0.15, 0.2) is 13.6 Å². The molecule has 0 saturated heterocycles. The summed E-state index contributed by atoms with van der Waals surface area (Å²) in [5.41, 5.74) is 6.82. The molecule has 0 unspecified atom stereocenters. The predicted molar refractivity (Wildman–Crippen MR) is 150 cm³/mol. The van der Waals surface area contributed by atoms with E-state index in [1.165, 1.54) is 16.7 Å². The maximum absolute atomic E-state index is 6.45. The smallest absolute Gasteiger partial charge is 0.188 e. The van der Waals surface area contributed by atoms with Crippen LogP contribution in [0.2, 0.25) is 0 Å². The summed E-state index contributed by atoms with van der Waals surface area (Å²) < 4.78 is 23.3. The third-order valence-corrected chi connectivity index (χ3v) is 6.91. The molecule has 5 aromatic carbocycles. The molecule has 0 radical (unpaired) electrons. The molecule has 0 heterocycles. The third kappa shape index (κ3) is 4.25. The molecular weight excluding hydrogens is 460 g/mol. The minimum absolute atomic E-state index is 0.137. The number of benzene rings is 5. The summed E-state index contributed by atoms with van der Waals surface area (Å²) >= 11 is 0. The normalized spacial score (nSPS) is 12.5. The molecule has 0 saturated carbocycles. The van der Waals surface area contributed by atoms with E-state index in [2.05, 4.69) is 91.0 Å². The molecule has 5 aromatic rings. The summed E-state index contributed by atoms with van der Waals surface area (Å²) in [7, 11) is 3.28. The number of hydrogen-bond acceptors (Lipinski definition) is 4. The zero-order chi connectivity index (χ0) is 25.2. The van der Waals surface area contributed by atoms with Crippen LogP contribution in [0.4, 0.5) is 0 Å². The van der Waals surface area contributed by atoms with E-state index in [0.717, 1.165) is 56.2 Å². The van der Waals surface area contributed by atoms with E-state index in [9.17, 15) is 0 Å². The van der Waals surface area contributed by atoms with Crippen molar-refractivity contribution in [3.8, 4) is 22.6 Å². The summed E-state index contributed by atoms with van der Waals surface area (Å²) in [4.78, 5) is 0. The second kappa shape index (κ2) is 10.1. The van der Waals surface area contributed by atoms with E-state index in [1.807, 2.05) is 6.07 Å². The third-order valence-electron chi connectivity index (χ3n) is 6.91. The van der Waals surface area contributed by atoms with Gasteiger partial charge in [0.1, 0.15) is 11.5 Å². The Labute approximate surface area is 216 Å². The largest absolute Gasteiger partial charge is 0.467 e. The van der Waals surface area contributed by atoms with Gasteiger partial charge in [0.2, 0.25) is 0 Å². The number of methoxy groups -OCH3 is 2. The van der Waals surface area contributed by atoms with Crippen molar-refractivity contribution in [2.75, 3.05) is 27.8 Å². The first kappa shape index (κ1) is 23.3. The van der Waals surface area contributed by atoms with Crippen molar-refractivity contribution in [1.82, 2.24) is 0 Å². The van der Waals surface area contributed by atoms with Gasteiger partial charge in [-0.15, -0.1) is 0 Å². The summed E-state index contributed by atoms with van der Waals surface area (Å²) in [5.74, 6) is 1.53. The van der Waals surface area contributed by atoms with E-state index in [4.69, 9.17) is 18.9 Å². The molecule has 4 nitrogen and oxygen atoms in total. The molecule has 0 aromatic heterocycles. The predicted octanol–water partition coefficient (Wildman–Crippen LogP) is 7.72. The van der Waals surface area contributed by atoms with E-state index < -0.39 is 0 Å². The maximum Gasteiger partial charge on any atom is 0.188 e. The van der Waals surface area contributed by atoms with Gasteiger partial charge in [-0.05, 0) is 56.8 Å². The van der Waals surface area contributed by atoms with Gasteiger partial charge >= 0.3 is 0 Å². The van der Waals surface area contributed by atoms with Crippen molar-refractivity contribution in [2.45, 2.75) is 6.42 Å². The van der Waals surface area contributed by atoms with Crippen LogP contribution >= 0.6 is 0 Å². The molecule has 1 aliphatic rings. The van der Waals surface area contributed by atoms with Crippen molar-refractivity contribution in [3.63, 3.8) is 0 Å². The van der Waals surface area contributed by atoms with Crippen LogP contribution in [0.3, 0.4) is 0 Å². The number of ether oxygens (including phenoxy) is 4. The van der Waals surface area contributed by atoms with Crippen LogP contribution in [0.15, 0.2) is 91.0 Å². The molecule has 0 aliphatic heterocycles. The lowest BCUT2D eigenvalue weighted by Gasteiger charge is -2.22. The molecule has 4 heteroatoms. The topological polar surface area (TPSA) is 36.9 Å². The zero-order valence-electron chi connectivity index (χ0n) is 21.0. The lowest BCUT2D eigenvalue weighted by atomic mass is 9.88. The minimum atomic E-state index is 0.137. The second-order valence-corrected chi connectivity index (χ2v) is 9.16. The number of rotatable bonds is 8. The Morgan fingerprint density at radius 3 is 2.11 bits per heavy atom. The van der Waals surface area contributed by atoms with E-state index in [1.54, 1.807) is 14.2 Å². The number of hydrogen-bond donors (Lipinski definition) is 0. The monoisotopic (exact) mass is 488 g/mol. The Kier molecular flexibility index (Phi) is 6.35. The van der Waals surface area contributed by atoms with Gasteiger partial charge in [0.05, 0.1) is 0 Å². The van der Waals surface area contributed by atoms with Gasteiger partial charge in [0, 0.05) is 30.9 Å². The molecule has 1 aliphatic carbocycles. The highest BCUT2D eigenvalue weighted by Gasteiger charge is 2.25. The van der Waals surface area contributed by atoms with Crippen LogP contribution in [0.25, 0.3) is 44.3 Å². The number of fused-ring (bicyclic) bond motifs is 3. The summed E-state index contributed by atoms with van der Waals surface area (Å²) in [6.07, 6.45) is 3.12. The molecule has 6 rings (SSSR count). The van der Waals surface area contributed by atoms with E-state index >= 15 is 0 Å². The van der Waals surface area contributed by atoms with Crippen molar-refractivity contribution < 1.29 is 18.9 Å². The maximum atomic E-state index is 6.45. The molecular formula is C33H28O4. The molecule has 0 fully saturated rings. The van der Waals surface area contributed by atoms with Gasteiger partial charge in [-0.1, -0.05) is 84.9 Å². The fourth-order valence-electron chi connectivity index (χ4n) is 5.29. The first-order chi connectivity index (χ1) is 18.3. The molecule has 184 valence electrons. The minimum Gasteiger partial charge on any atom is -0.467 e. The van der Waals surface area contributed by atoms with Crippen LogP contribution in [0.5, 0.6) is 11.5 Å². The van der Waals surface area contributed by atoms with Crippen LogP contribution < -0.4 is 9.47 Å². The van der Waals surface area contributed by atoms with E-state index in [0.29, 0.717) is 0 Å². The highest BCUT2D eigenvalue weighted by atomic mass is 16.7. The van der Waals surface area contributed by atoms with Gasteiger partial charge in [0.25, 0.3) is 0 Å². The Morgan fingerprint density at radius 2 is 1.32 bits per heavy atom. The fraction of sp³-hybridized carbons (Fsp3) is 0.152. The molecule has 37 heavy (non-hydrogen) atoms. The van der Waals surface area contributed by atoms with Crippen molar-refractivity contribution in [1.29, 1.82) is 0 Å². The van der Waals surface area contributed by atoms with E-state index in [-0.39, 0.29) is 13.6 Å². The summed E-state index contributed by atoms with van der Waals surface area (Å²) in [5, 5.41) is 4.44. The second-order valence-electron chi connectivity index (χ2n) is 9.16. The molecule has 0 spiro atoms. The Balaban J connectivity index is 1.69. The van der Waals surface area contributed by atoms with Crippen molar-refractivity contribution in [3.05, 3.63) is 108 Å². The zero-order valence-corrected chi connectivity index (χ0v) is 21.0. The Morgan fingerprint density at radius 1 is 0.649 bits per heavy atom. The van der Waals surface area contributed by atoms with Gasteiger partial charge < -0.3 is 18.9 Å². The average Bonchev–Trinajstić information content (AvgIpc) is 3.38. The summed E-state index contributed by atoms with van der Waals surface area (Å²) in [6.45, 7) is 0.287. The van der Waals surface area contributed by atoms with Crippen molar-refractivity contribution >= 4 is 33.2 Å². The standard InChI is InChI=1S/C33H28O4/c1-34-20-36-30-16-15-22-9-5-7-13-27(22)31(30)32-28-14-8-6-12-25(28)19-29(33(32)37-21-35-2)26-17-23-10-3-4-11-24(23)18-26/h3-17,19H,18,20-21H2,1-2H3. The number of allylic oxidation sites excluding steroid dienone is 1. The van der Waals surface area contributed by atoms with Crippen LogP contribution in [0.1, 0.15) is 16.7 Å². The average molecular weight is 489 g/mol. The first-order valence-corrected chi connectivity index (χ1v) is 12.4. The van der Waals surface area contributed by atoms with Crippen LogP contribution in [0, 0.1) is 0 Å².